The molecule has 2 aromatic rings. The number of aromatic nitrogens is 1. The smallest absolute Gasteiger partial charge is 0.308 e. The summed E-state index contributed by atoms with van der Waals surface area (Å²) < 4.78 is 10.7. The van der Waals surface area contributed by atoms with E-state index in [4.69, 9.17) is 9.47 Å². The van der Waals surface area contributed by atoms with Crippen LogP contribution in [0.1, 0.15) is 108 Å². The van der Waals surface area contributed by atoms with E-state index in [1.807, 2.05) is 65.0 Å². The molecule has 2 heterocycles. The van der Waals surface area contributed by atoms with Gasteiger partial charge < -0.3 is 30.3 Å². The molecule has 0 unspecified atom stereocenters. The predicted molar refractivity (Wildman–Crippen MR) is 197 cm³/mol. The molecule has 282 valence electrons. The largest absolute Gasteiger partial charge is 0.469 e. The number of carbonyl (C=O) groups excluding carboxylic acids is 5. The van der Waals surface area contributed by atoms with Crippen LogP contribution in [-0.2, 0) is 35.1 Å². The number of nitrogens with one attached hydrogen (secondary N) is 3. The Kier molecular flexibility index (Phi) is 15.6. The summed E-state index contributed by atoms with van der Waals surface area (Å²) in [5, 5.41) is 11.4. The van der Waals surface area contributed by atoms with Crippen molar-refractivity contribution >= 4 is 41.0 Å². The first-order valence-electron chi connectivity index (χ1n) is 18.0. The molecule has 3 N–H and O–H groups in total. The Bertz CT molecular complexity index is 1480. The Hall–Kier alpha value is -3.84. The molecular weight excluding hydrogens is 671 g/mol. The molecule has 0 spiro atoms. The highest BCUT2D eigenvalue weighted by Gasteiger charge is 2.41. The first kappa shape index (κ1) is 41.6. The summed E-state index contributed by atoms with van der Waals surface area (Å²) in [6, 6.07) is 8.19. The molecule has 0 saturated carbocycles. The van der Waals surface area contributed by atoms with Gasteiger partial charge in [-0.1, -0.05) is 71.4 Å². The zero-order valence-corrected chi connectivity index (χ0v) is 32.4. The van der Waals surface area contributed by atoms with Gasteiger partial charge in [0, 0.05) is 37.9 Å². The number of nitrogens with zero attached hydrogens (tertiary/aromatic N) is 2. The highest BCUT2D eigenvalue weighted by Crippen LogP contribution is 2.31. The van der Waals surface area contributed by atoms with E-state index in [2.05, 4.69) is 20.9 Å². The maximum atomic E-state index is 14.1. The van der Waals surface area contributed by atoms with Gasteiger partial charge in [0.1, 0.15) is 16.7 Å². The summed E-state index contributed by atoms with van der Waals surface area (Å²) in [6.45, 7) is 13.6. The lowest BCUT2D eigenvalue weighted by Crippen LogP contribution is -2.60. The minimum absolute atomic E-state index is 0.0439. The van der Waals surface area contributed by atoms with Gasteiger partial charge in [0.15, 0.2) is 6.10 Å². The van der Waals surface area contributed by atoms with Crippen LogP contribution >= 0.6 is 11.3 Å². The third-order valence-electron chi connectivity index (χ3n) is 9.95. The molecule has 1 aromatic carbocycles. The fourth-order valence-electron chi connectivity index (χ4n) is 6.57. The van der Waals surface area contributed by atoms with Gasteiger partial charge >= 0.3 is 11.9 Å². The van der Waals surface area contributed by atoms with Crippen molar-refractivity contribution in [2.45, 2.75) is 117 Å². The van der Waals surface area contributed by atoms with Crippen molar-refractivity contribution in [2.75, 3.05) is 20.7 Å². The van der Waals surface area contributed by atoms with Crippen LogP contribution in [-0.4, -0.2) is 83.9 Å². The van der Waals surface area contributed by atoms with E-state index in [1.54, 1.807) is 24.3 Å². The lowest BCUT2D eigenvalue weighted by atomic mass is 9.92. The average molecular weight is 728 g/mol. The number of amides is 3. The Balaban J connectivity index is 1.82. The van der Waals surface area contributed by atoms with Crippen molar-refractivity contribution in [3.8, 4) is 0 Å². The second-order valence-electron chi connectivity index (χ2n) is 14.4. The molecule has 0 bridgehead atoms. The van der Waals surface area contributed by atoms with Crippen LogP contribution in [0, 0.1) is 17.8 Å². The molecule has 0 aliphatic carbocycles. The van der Waals surface area contributed by atoms with Crippen LogP contribution in [0.4, 0.5) is 0 Å². The molecule has 3 amide bonds. The van der Waals surface area contributed by atoms with Crippen molar-refractivity contribution in [2.24, 2.45) is 17.8 Å². The standard InChI is InChI=1S/C38H57N5O7S/c1-10-24(4)32(42-37(48)38(7)17-14-18-39-38)35(46)43(8)30(23(2)3)21-31(50-26(6)44)34-41-29(22-51-34)33(45)40-28(19-25(5)36(47)49-9)20-27-15-12-11-13-16-27/h11-13,15-16,22-25,28,30-32,39H,10,14,17-21H2,1-9H3,(H,40,45)(H,42,48)/t24-,25-,28+,30+,31+,32-,38+/m0/s1. The van der Waals surface area contributed by atoms with Gasteiger partial charge in [-0.3, -0.25) is 24.0 Å². The van der Waals surface area contributed by atoms with Crippen LogP contribution in [0.5, 0.6) is 0 Å². The summed E-state index contributed by atoms with van der Waals surface area (Å²) in [4.78, 5) is 71.9. The Labute approximate surface area is 306 Å². The number of likely N-dealkylation sites (N-methyl/N-ethyl adjacent to an activating group) is 1. The molecule has 1 saturated heterocycles. The number of ether oxygens (including phenoxy) is 2. The number of hydrogen-bond acceptors (Lipinski definition) is 10. The topological polar surface area (TPSA) is 156 Å². The van der Waals surface area contributed by atoms with Crippen molar-refractivity contribution in [1.29, 1.82) is 0 Å². The second-order valence-corrected chi connectivity index (χ2v) is 15.3. The molecule has 7 atom stereocenters. The van der Waals surface area contributed by atoms with Crippen molar-refractivity contribution in [3.63, 3.8) is 0 Å². The molecule has 1 aliphatic heterocycles. The van der Waals surface area contributed by atoms with E-state index in [0.717, 1.165) is 18.5 Å². The highest BCUT2D eigenvalue weighted by atomic mass is 32.1. The first-order chi connectivity index (χ1) is 24.1. The molecule has 51 heavy (non-hydrogen) atoms. The van der Waals surface area contributed by atoms with E-state index < -0.39 is 35.5 Å². The van der Waals surface area contributed by atoms with Crippen LogP contribution in [0.2, 0.25) is 0 Å². The minimum Gasteiger partial charge on any atom is -0.469 e. The summed E-state index contributed by atoms with van der Waals surface area (Å²) in [7, 11) is 3.06. The SMILES string of the molecule is CC[C@H](C)[C@H](NC(=O)[C@@]1(C)CCCN1)C(=O)N(C)[C@H](C[C@@H](OC(C)=O)c1nc(C(=O)N[C@@H](Cc2ccccc2)C[C@H](C)C(=O)OC)cs1)C(C)C. The number of carbonyl (C=O) groups is 5. The van der Waals surface area contributed by atoms with Gasteiger partial charge in [-0.05, 0) is 56.6 Å². The molecule has 3 rings (SSSR count). The number of thiazole rings is 1. The summed E-state index contributed by atoms with van der Waals surface area (Å²) >= 11 is 1.20. The highest BCUT2D eigenvalue weighted by molar-refractivity contribution is 7.09. The number of rotatable bonds is 18. The van der Waals surface area contributed by atoms with Gasteiger partial charge in [-0.2, -0.15) is 0 Å². The number of hydrogen-bond donors (Lipinski definition) is 3. The fraction of sp³-hybridized carbons (Fsp3) is 0.632. The van der Waals surface area contributed by atoms with Gasteiger partial charge in [0.25, 0.3) is 5.91 Å². The van der Waals surface area contributed by atoms with Crippen LogP contribution < -0.4 is 16.0 Å². The zero-order chi connectivity index (χ0) is 37.9. The number of benzene rings is 1. The molecule has 13 heteroatoms. The molecule has 12 nitrogen and oxygen atoms in total. The number of esters is 2. The molecule has 1 aromatic heterocycles. The van der Waals surface area contributed by atoms with E-state index in [9.17, 15) is 24.0 Å². The summed E-state index contributed by atoms with van der Waals surface area (Å²) in [5.41, 5.74) is 0.444. The molecule has 1 fully saturated rings. The fourth-order valence-corrected chi connectivity index (χ4v) is 7.41. The lowest BCUT2D eigenvalue weighted by Gasteiger charge is -2.37. The van der Waals surface area contributed by atoms with Crippen LogP contribution in [0.3, 0.4) is 0 Å². The minimum atomic E-state index is -0.825. The second kappa shape index (κ2) is 19.1. The van der Waals surface area contributed by atoms with E-state index in [-0.39, 0.29) is 53.8 Å². The maximum Gasteiger partial charge on any atom is 0.308 e. The van der Waals surface area contributed by atoms with Crippen molar-refractivity contribution in [1.82, 2.24) is 25.8 Å². The van der Waals surface area contributed by atoms with Gasteiger partial charge in [-0.15, -0.1) is 11.3 Å². The molecular formula is C38H57N5O7S. The summed E-state index contributed by atoms with van der Waals surface area (Å²) in [5.74, 6) is -2.29. The summed E-state index contributed by atoms with van der Waals surface area (Å²) in [6.07, 6.45) is 2.56. The average Bonchev–Trinajstić information content (AvgIpc) is 3.78. The lowest BCUT2D eigenvalue weighted by molar-refractivity contribution is -0.149. The Morgan fingerprint density at radius 3 is 2.31 bits per heavy atom. The third kappa shape index (κ3) is 11.6. The van der Waals surface area contributed by atoms with Gasteiger partial charge in [-0.25, -0.2) is 4.98 Å². The maximum absolute atomic E-state index is 14.1. The number of methoxy groups -OCH3 is 1. The quantitative estimate of drug-likeness (QED) is 0.183. The third-order valence-corrected chi connectivity index (χ3v) is 10.9. The normalized spacial score (nSPS) is 19.3. The van der Waals surface area contributed by atoms with Crippen LogP contribution in [0.15, 0.2) is 35.7 Å². The molecule has 0 radical (unpaired) electrons. The van der Waals surface area contributed by atoms with Crippen molar-refractivity contribution in [3.05, 3.63) is 52.0 Å². The van der Waals surface area contributed by atoms with Crippen LogP contribution in [0.25, 0.3) is 0 Å². The zero-order valence-electron chi connectivity index (χ0n) is 31.6. The van der Waals surface area contributed by atoms with Gasteiger partial charge in [0.05, 0.1) is 18.6 Å². The van der Waals surface area contributed by atoms with Crippen molar-refractivity contribution < 1.29 is 33.4 Å². The first-order valence-corrected chi connectivity index (χ1v) is 18.9. The Morgan fingerprint density at radius 1 is 1.06 bits per heavy atom. The van der Waals surface area contributed by atoms with E-state index >= 15 is 0 Å². The molecule has 1 aliphatic rings. The Morgan fingerprint density at radius 2 is 1.75 bits per heavy atom. The van der Waals surface area contributed by atoms with E-state index in [0.29, 0.717) is 30.7 Å². The van der Waals surface area contributed by atoms with Gasteiger partial charge in [0.2, 0.25) is 11.8 Å². The van der Waals surface area contributed by atoms with E-state index in [1.165, 1.54) is 25.4 Å². The monoisotopic (exact) mass is 727 g/mol. The predicted octanol–water partition coefficient (Wildman–Crippen LogP) is 4.83.